The first-order chi connectivity index (χ1) is 13.7. The number of benzene rings is 1. The van der Waals surface area contributed by atoms with Crippen LogP contribution in [0.15, 0.2) is 24.3 Å². The number of aromatic nitrogens is 3. The van der Waals surface area contributed by atoms with Crippen molar-refractivity contribution in [2.75, 3.05) is 5.32 Å². The zero-order valence-electron chi connectivity index (χ0n) is 16.7. The van der Waals surface area contributed by atoms with E-state index < -0.39 is 6.10 Å². The monoisotopic (exact) mass is 382 g/mol. The third kappa shape index (κ3) is 4.27. The minimum absolute atomic E-state index is 0.0633. The van der Waals surface area contributed by atoms with Crippen molar-refractivity contribution >= 4 is 11.6 Å². The molecule has 1 fully saturated rings. The highest BCUT2D eigenvalue weighted by atomic mass is 16.5. The van der Waals surface area contributed by atoms with E-state index in [0.29, 0.717) is 6.42 Å². The number of aryl methyl sites for hydroxylation is 1. The Kier molecular flexibility index (Phi) is 6.05. The van der Waals surface area contributed by atoms with Gasteiger partial charge in [0.2, 0.25) is 0 Å². The maximum Gasteiger partial charge on any atom is 0.253 e. The number of anilines is 1. The first-order valence-electron chi connectivity index (χ1n) is 10.7. The summed E-state index contributed by atoms with van der Waals surface area (Å²) < 4.78 is 8.28. The number of fused-ring (bicyclic) bond motifs is 1. The van der Waals surface area contributed by atoms with Gasteiger partial charge in [-0.3, -0.25) is 4.79 Å². The Morgan fingerprint density at radius 3 is 2.89 bits per heavy atom. The van der Waals surface area contributed by atoms with Crippen LogP contribution in [-0.2, 0) is 22.5 Å². The Morgan fingerprint density at radius 1 is 1.21 bits per heavy atom. The van der Waals surface area contributed by atoms with Gasteiger partial charge >= 0.3 is 0 Å². The average molecular weight is 383 g/mol. The van der Waals surface area contributed by atoms with Crippen LogP contribution in [0.2, 0.25) is 0 Å². The van der Waals surface area contributed by atoms with Crippen LogP contribution in [0.3, 0.4) is 0 Å². The summed E-state index contributed by atoms with van der Waals surface area (Å²) in [5, 5.41) is 11.9. The van der Waals surface area contributed by atoms with Gasteiger partial charge in [0.25, 0.3) is 5.91 Å². The molecule has 150 valence electrons. The standard InChI is InChI=1S/C22H30N4O2/c1-2-19(28-18-11-5-6-12-18)22(27)23-17-10-8-9-16(15-17)21-25-24-20-13-4-3-7-14-26(20)21/h8-10,15,18-19H,2-7,11-14H2,1H3,(H,23,27). The molecule has 1 saturated carbocycles. The van der Waals surface area contributed by atoms with Gasteiger partial charge in [-0.05, 0) is 44.2 Å². The van der Waals surface area contributed by atoms with Gasteiger partial charge in [0.05, 0.1) is 6.10 Å². The number of nitrogens with zero attached hydrogens (tertiary/aromatic N) is 3. The van der Waals surface area contributed by atoms with E-state index in [4.69, 9.17) is 4.74 Å². The van der Waals surface area contributed by atoms with Crippen LogP contribution < -0.4 is 5.32 Å². The van der Waals surface area contributed by atoms with Crippen LogP contribution in [0.25, 0.3) is 11.4 Å². The van der Waals surface area contributed by atoms with E-state index >= 15 is 0 Å². The van der Waals surface area contributed by atoms with E-state index in [1.54, 1.807) is 0 Å². The number of rotatable bonds is 6. The summed E-state index contributed by atoms with van der Waals surface area (Å²) in [6, 6.07) is 7.90. The number of nitrogens with one attached hydrogen (secondary N) is 1. The number of carbonyl (C=O) groups is 1. The third-order valence-electron chi connectivity index (χ3n) is 5.82. The van der Waals surface area contributed by atoms with Gasteiger partial charge in [-0.1, -0.05) is 38.3 Å². The van der Waals surface area contributed by atoms with E-state index in [1.807, 2.05) is 31.2 Å². The minimum atomic E-state index is -0.392. The molecule has 0 spiro atoms. The normalized spacial score (nSPS) is 18.5. The molecule has 6 heteroatoms. The van der Waals surface area contributed by atoms with Crippen LogP contribution in [0, 0.1) is 0 Å². The molecule has 1 aliphatic heterocycles. The number of hydrogen-bond donors (Lipinski definition) is 1. The number of amides is 1. The molecule has 1 atom stereocenters. The molecular weight excluding hydrogens is 352 g/mol. The molecule has 1 aliphatic carbocycles. The SMILES string of the molecule is CCC(OC1CCCC1)C(=O)Nc1cccc(-c2nnc3n2CCCCC3)c1. The van der Waals surface area contributed by atoms with E-state index in [2.05, 4.69) is 20.1 Å². The molecule has 1 unspecified atom stereocenters. The van der Waals surface area contributed by atoms with Crippen LogP contribution in [0.4, 0.5) is 5.69 Å². The second-order valence-corrected chi connectivity index (χ2v) is 7.91. The second-order valence-electron chi connectivity index (χ2n) is 7.91. The fourth-order valence-corrected chi connectivity index (χ4v) is 4.26. The number of hydrogen-bond acceptors (Lipinski definition) is 4. The van der Waals surface area contributed by atoms with Crippen molar-refractivity contribution in [2.45, 2.75) is 83.5 Å². The molecule has 28 heavy (non-hydrogen) atoms. The number of ether oxygens (including phenoxy) is 1. The Labute approximate surface area is 166 Å². The van der Waals surface area contributed by atoms with Crippen molar-refractivity contribution in [2.24, 2.45) is 0 Å². The molecule has 2 aromatic rings. The molecule has 1 aromatic heterocycles. The lowest BCUT2D eigenvalue weighted by molar-refractivity contribution is -0.131. The maximum atomic E-state index is 12.7. The smallest absolute Gasteiger partial charge is 0.253 e. The molecule has 1 amide bonds. The lowest BCUT2D eigenvalue weighted by Gasteiger charge is -2.20. The molecule has 2 heterocycles. The predicted molar refractivity (Wildman–Crippen MR) is 109 cm³/mol. The zero-order chi connectivity index (χ0) is 19.3. The minimum Gasteiger partial charge on any atom is -0.365 e. The first-order valence-corrected chi connectivity index (χ1v) is 10.7. The van der Waals surface area contributed by atoms with Crippen molar-refractivity contribution in [1.29, 1.82) is 0 Å². The molecule has 0 radical (unpaired) electrons. The maximum absolute atomic E-state index is 12.7. The summed E-state index contributed by atoms with van der Waals surface area (Å²) in [6.45, 7) is 2.96. The highest BCUT2D eigenvalue weighted by Gasteiger charge is 2.24. The molecule has 2 aliphatic rings. The van der Waals surface area contributed by atoms with Crippen LogP contribution in [-0.4, -0.2) is 32.9 Å². The van der Waals surface area contributed by atoms with Gasteiger partial charge in [0.1, 0.15) is 11.9 Å². The van der Waals surface area contributed by atoms with Crippen molar-refractivity contribution in [3.63, 3.8) is 0 Å². The second kappa shape index (κ2) is 8.86. The Bertz CT molecular complexity index is 811. The van der Waals surface area contributed by atoms with Crippen LogP contribution >= 0.6 is 0 Å². The van der Waals surface area contributed by atoms with Crippen LogP contribution in [0.1, 0.15) is 64.1 Å². The molecule has 0 saturated heterocycles. The van der Waals surface area contributed by atoms with Crippen molar-refractivity contribution in [3.05, 3.63) is 30.1 Å². The lowest BCUT2D eigenvalue weighted by atomic mass is 10.1. The summed E-state index contributed by atoms with van der Waals surface area (Å²) in [7, 11) is 0. The molecule has 6 nitrogen and oxygen atoms in total. The summed E-state index contributed by atoms with van der Waals surface area (Å²) in [6.07, 6.45) is 9.61. The quantitative estimate of drug-likeness (QED) is 0.806. The van der Waals surface area contributed by atoms with Gasteiger partial charge in [-0.15, -0.1) is 10.2 Å². The Balaban J connectivity index is 1.48. The third-order valence-corrected chi connectivity index (χ3v) is 5.82. The predicted octanol–water partition coefficient (Wildman–Crippen LogP) is 4.35. The van der Waals surface area contributed by atoms with Crippen molar-refractivity contribution < 1.29 is 9.53 Å². The molecule has 4 rings (SSSR count). The molecule has 0 bridgehead atoms. The first kappa shape index (κ1) is 19.1. The van der Waals surface area contributed by atoms with Crippen molar-refractivity contribution in [1.82, 2.24) is 14.8 Å². The van der Waals surface area contributed by atoms with Crippen LogP contribution in [0.5, 0.6) is 0 Å². The van der Waals surface area contributed by atoms with Gasteiger partial charge < -0.3 is 14.6 Å². The molecule has 1 N–H and O–H groups in total. The topological polar surface area (TPSA) is 69.0 Å². The Morgan fingerprint density at radius 2 is 2.07 bits per heavy atom. The lowest BCUT2D eigenvalue weighted by Crippen LogP contribution is -2.32. The van der Waals surface area contributed by atoms with E-state index in [-0.39, 0.29) is 12.0 Å². The summed E-state index contributed by atoms with van der Waals surface area (Å²) >= 11 is 0. The van der Waals surface area contributed by atoms with Gasteiger partial charge in [0, 0.05) is 24.2 Å². The zero-order valence-corrected chi connectivity index (χ0v) is 16.7. The van der Waals surface area contributed by atoms with Gasteiger partial charge in [0.15, 0.2) is 5.82 Å². The number of carbonyl (C=O) groups excluding carboxylic acids is 1. The molecule has 1 aromatic carbocycles. The van der Waals surface area contributed by atoms with E-state index in [0.717, 1.165) is 55.1 Å². The Hall–Kier alpha value is -2.21. The summed E-state index contributed by atoms with van der Waals surface area (Å²) in [5.41, 5.74) is 1.77. The van der Waals surface area contributed by atoms with E-state index in [9.17, 15) is 4.79 Å². The fourth-order valence-electron chi connectivity index (χ4n) is 4.26. The average Bonchev–Trinajstić information content (AvgIpc) is 3.31. The van der Waals surface area contributed by atoms with Gasteiger partial charge in [-0.2, -0.15) is 0 Å². The summed E-state index contributed by atoms with van der Waals surface area (Å²) in [4.78, 5) is 12.7. The summed E-state index contributed by atoms with van der Waals surface area (Å²) in [5.74, 6) is 1.90. The van der Waals surface area contributed by atoms with Gasteiger partial charge in [-0.25, -0.2) is 0 Å². The fraction of sp³-hybridized carbons (Fsp3) is 0.591. The van der Waals surface area contributed by atoms with Crippen molar-refractivity contribution in [3.8, 4) is 11.4 Å². The highest BCUT2D eigenvalue weighted by Crippen LogP contribution is 2.26. The molecular formula is C22H30N4O2. The van der Waals surface area contributed by atoms with E-state index in [1.165, 1.54) is 25.7 Å². The largest absolute Gasteiger partial charge is 0.365 e. The highest BCUT2D eigenvalue weighted by molar-refractivity contribution is 5.94.